The van der Waals surface area contributed by atoms with Crippen molar-refractivity contribution in [1.82, 2.24) is 24.9 Å². The summed E-state index contributed by atoms with van der Waals surface area (Å²) in [5.74, 6) is -3.33. The minimum absolute atomic E-state index is 0. The summed E-state index contributed by atoms with van der Waals surface area (Å²) < 4.78 is 78.0. The third kappa shape index (κ3) is 28.1. The fourth-order valence-corrected chi connectivity index (χ4v) is 8.32. The summed E-state index contributed by atoms with van der Waals surface area (Å²) in [6.45, 7) is 4.58. The van der Waals surface area contributed by atoms with Crippen molar-refractivity contribution < 1.29 is 142 Å². The number of allylic oxidation sites excluding steroid dienone is 2. The number of rotatable bonds is 11. The maximum atomic E-state index is 13.4. The van der Waals surface area contributed by atoms with E-state index in [-0.39, 0.29) is 141 Å². The van der Waals surface area contributed by atoms with Crippen molar-refractivity contribution in [2.24, 2.45) is 0 Å². The van der Waals surface area contributed by atoms with Gasteiger partial charge in [-0.3, -0.25) is 31.1 Å². The number of hydrogen-bond donors (Lipinski definition) is 2. The molecule has 509 valence electrons. The molecule has 12 aromatic rings. The van der Waals surface area contributed by atoms with Crippen molar-refractivity contribution in [2.45, 2.75) is 27.4 Å². The van der Waals surface area contributed by atoms with E-state index in [0.717, 1.165) is 86.4 Å². The number of nitrogens with zero attached hydrogens (tertiary/aromatic N) is 7. The largest absolute Gasteiger partial charge is 0.512 e. The number of aromatic nitrogens is 5. The Kier molecular flexibility index (Phi) is 39.1. The fourth-order valence-electron chi connectivity index (χ4n) is 8.32. The van der Waals surface area contributed by atoms with E-state index in [2.05, 4.69) is 84.4 Å². The third-order valence-electron chi connectivity index (χ3n) is 12.6. The van der Waals surface area contributed by atoms with Crippen LogP contribution in [0.15, 0.2) is 255 Å². The number of carbonyl (C=O) groups is 1. The molecule has 0 unspecified atom stereocenters. The van der Waals surface area contributed by atoms with Gasteiger partial charge in [0, 0.05) is 209 Å². The third-order valence-corrected chi connectivity index (χ3v) is 12.6. The number of carbonyl (C=O) groups excluding carboxylic acids is 1. The SMILES string of the molecule is CC(=O)C=C(C)O.CN(C)c1ccnc(-c2[c-]cc(F)cc2)c1.Cc1ccnc(-c2[c-]cc(F)cc2F)c1.Fc1c[c-]c(-c2cc(N(c3ccccc3)c3ccccc3)ccn2)cc1.OCc1ccnc(-c2[c-]cc(F)cc2F)c1.[Ir].[Ir].[Ir].[Ir].[Ir].[c-]1ccccc1-c1ccccn1. The predicted octanol–water partition coefficient (Wildman–Crippen LogP) is 17.9. The fraction of sp³-hybridized carbons (Fsp3) is 0.0789. The van der Waals surface area contributed by atoms with Crippen molar-refractivity contribution in [1.29, 1.82) is 0 Å². The number of hydrogen-bond acceptors (Lipinski definition) is 10. The molecule has 0 aliphatic rings. The number of aliphatic hydroxyl groups is 2. The first-order chi connectivity index (χ1) is 44.4. The second-order valence-electron chi connectivity index (χ2n) is 19.9. The summed E-state index contributed by atoms with van der Waals surface area (Å²) in [6, 6.07) is 75.1. The molecule has 0 saturated carbocycles. The summed E-state index contributed by atoms with van der Waals surface area (Å²) in [4.78, 5) is 35.0. The molecule has 0 amide bonds. The molecule has 0 fully saturated rings. The van der Waals surface area contributed by atoms with Gasteiger partial charge in [0.05, 0.1) is 12.4 Å². The van der Waals surface area contributed by atoms with E-state index in [0.29, 0.717) is 17.0 Å². The molecule has 0 saturated heterocycles. The monoisotopic (exact) mass is 2200 g/mol. The Hall–Kier alpha value is -8.11. The quantitative estimate of drug-likeness (QED) is 0.0559. The van der Waals surface area contributed by atoms with Gasteiger partial charge in [0.15, 0.2) is 5.78 Å². The molecule has 10 nitrogen and oxygen atoms in total. The maximum Gasteiger partial charge on any atom is 0.155 e. The topological polar surface area (TPSA) is 128 Å². The molecule has 97 heavy (non-hydrogen) atoms. The Labute approximate surface area is 628 Å². The normalized spacial score (nSPS) is 9.84. The number of benzene rings is 7. The Balaban J connectivity index is 0.000000406. The second-order valence-corrected chi connectivity index (χ2v) is 19.9. The van der Waals surface area contributed by atoms with Crippen molar-refractivity contribution in [3.05, 3.63) is 332 Å². The molecule has 0 spiro atoms. The molecule has 2 N–H and O–H groups in total. The molecule has 21 heteroatoms. The second kappa shape index (κ2) is 44.7. The van der Waals surface area contributed by atoms with E-state index in [1.807, 2.05) is 135 Å². The van der Waals surface area contributed by atoms with E-state index in [9.17, 15) is 31.1 Å². The molecular weight excluding hydrogens is 2130 g/mol. The first kappa shape index (κ1) is 85.0. The van der Waals surface area contributed by atoms with Gasteiger partial charge in [-0.15, -0.1) is 120 Å². The van der Waals surface area contributed by atoms with Crippen molar-refractivity contribution in [3.63, 3.8) is 0 Å². The van der Waals surface area contributed by atoms with E-state index in [4.69, 9.17) is 10.2 Å². The number of aliphatic hydroxyl groups excluding tert-OH is 2. The van der Waals surface area contributed by atoms with E-state index >= 15 is 0 Å². The van der Waals surface area contributed by atoms with Crippen molar-refractivity contribution in [3.8, 4) is 56.3 Å². The Morgan fingerprint density at radius 3 is 1.30 bits per heavy atom. The van der Waals surface area contributed by atoms with Crippen LogP contribution in [0.4, 0.5) is 49.1 Å². The molecule has 0 atom stereocenters. The van der Waals surface area contributed by atoms with Gasteiger partial charge < -0.3 is 44.9 Å². The number of para-hydroxylation sites is 2. The van der Waals surface area contributed by atoms with Gasteiger partial charge in [0.25, 0.3) is 0 Å². The Bertz CT molecular complexity index is 4220. The summed E-state index contributed by atoms with van der Waals surface area (Å²) >= 11 is 0. The Morgan fingerprint density at radius 2 is 0.876 bits per heavy atom. The predicted molar refractivity (Wildman–Crippen MR) is 349 cm³/mol. The van der Waals surface area contributed by atoms with E-state index < -0.39 is 23.3 Å². The van der Waals surface area contributed by atoms with E-state index in [1.165, 1.54) is 56.5 Å². The van der Waals surface area contributed by atoms with Crippen LogP contribution in [-0.2, 0) is 112 Å². The molecule has 7 aromatic carbocycles. The van der Waals surface area contributed by atoms with Crippen LogP contribution in [0.25, 0.3) is 56.3 Å². The van der Waals surface area contributed by atoms with Gasteiger partial charge >= 0.3 is 0 Å². The molecule has 5 aromatic heterocycles. The number of halogens is 6. The standard InChI is InChI=1S/C23H16FN2.C13H12FN2.C12H8F2NO.C12H8F2N.C11H8N.C5H8O2.5Ir/c24-19-13-11-18(12-14-19)23-17-22(15-16-25-23)26(20-7-3-1-4-8-20)21-9-5-2-6-10-21;1-16(2)12-7-8-15-13(9-12)10-3-5-11(14)6-4-10;13-9-1-2-10(11(14)6-9)12-5-8(7-16)3-4-15-12;1-8-4-5-15-12(6-8)10-3-2-9(13)7-11(10)14;1-2-6-10(7-3-1)11-8-4-5-9-12-11;1-4(6)3-5(2)7;;;;;/h1-11,13-17H;3,5-9H,1-2H3;1,3-6,16H,7H2;2,4-7H,1H3;1-6,8-9H;3,6H,1-2H3;;;;;/q5*-1;;;;;;. The number of aryl methyl sites for hydroxylation is 1. The van der Waals surface area contributed by atoms with Gasteiger partial charge in [-0.2, -0.15) is 0 Å². The van der Waals surface area contributed by atoms with Crippen LogP contribution in [0.5, 0.6) is 0 Å². The zero-order valence-corrected chi connectivity index (χ0v) is 64.2. The molecule has 12 rings (SSSR count). The van der Waals surface area contributed by atoms with Crippen LogP contribution >= 0.6 is 0 Å². The van der Waals surface area contributed by atoms with Crippen LogP contribution in [0.1, 0.15) is 25.0 Å². The average molecular weight is 2190 g/mol. The molecule has 0 aliphatic carbocycles. The van der Waals surface area contributed by atoms with Crippen molar-refractivity contribution in [2.75, 3.05) is 23.9 Å². The zero-order chi connectivity index (χ0) is 65.8. The van der Waals surface area contributed by atoms with Crippen molar-refractivity contribution >= 4 is 28.5 Å². The van der Waals surface area contributed by atoms with Crippen LogP contribution in [0.2, 0.25) is 0 Å². The van der Waals surface area contributed by atoms with Crippen LogP contribution in [0.3, 0.4) is 0 Å². The average Bonchev–Trinajstić information content (AvgIpc) is 0.832. The molecule has 5 heterocycles. The van der Waals surface area contributed by atoms with Gasteiger partial charge in [-0.25, -0.2) is 0 Å². The van der Waals surface area contributed by atoms with Gasteiger partial charge in [-0.05, 0) is 109 Å². The summed E-state index contributed by atoms with van der Waals surface area (Å²) in [5, 5.41) is 17.3. The zero-order valence-electron chi connectivity index (χ0n) is 52.2. The summed E-state index contributed by atoms with van der Waals surface area (Å²) in [6.07, 6.45) is 9.50. The molecule has 0 bridgehead atoms. The maximum absolute atomic E-state index is 13.4. The number of pyridine rings is 5. The first-order valence-electron chi connectivity index (χ1n) is 28.3. The molecule has 0 aliphatic heterocycles. The molecule has 5 radical (unpaired) electrons. The van der Waals surface area contributed by atoms with Crippen LogP contribution < -0.4 is 9.80 Å². The smallest absolute Gasteiger partial charge is 0.155 e. The Morgan fingerprint density at radius 1 is 0.433 bits per heavy atom. The van der Waals surface area contributed by atoms with Crippen LogP contribution in [0, 0.1) is 72.2 Å². The molecular formula is C76H60F6Ir5N7O3-5. The minimum Gasteiger partial charge on any atom is -0.512 e. The van der Waals surface area contributed by atoms with Crippen LogP contribution in [-0.4, -0.2) is 55.0 Å². The minimum atomic E-state index is -0.720. The summed E-state index contributed by atoms with van der Waals surface area (Å²) in [7, 11) is 3.93. The van der Waals surface area contributed by atoms with Gasteiger partial charge in [-0.1, -0.05) is 102 Å². The van der Waals surface area contributed by atoms with E-state index in [1.54, 1.807) is 49.1 Å². The van der Waals surface area contributed by atoms with Gasteiger partial charge in [0.1, 0.15) is 0 Å². The summed E-state index contributed by atoms with van der Waals surface area (Å²) in [5.41, 5.74) is 11.9. The number of anilines is 4. The number of ketones is 1. The van der Waals surface area contributed by atoms with Gasteiger partial charge in [0.2, 0.25) is 0 Å². The first-order valence-corrected chi connectivity index (χ1v) is 28.3.